The van der Waals surface area contributed by atoms with Gasteiger partial charge in [0.05, 0.1) is 5.56 Å². The molecular weight excluding hydrogens is 681 g/mol. The summed E-state index contributed by atoms with van der Waals surface area (Å²) in [4.78, 5) is 13.9. The molecule has 2 nitrogen and oxygen atoms in total. The van der Waals surface area contributed by atoms with Gasteiger partial charge in [-0.15, -0.1) is 0 Å². The number of carbonyl (C=O) groups is 1. The molecule has 0 unspecified atom stereocenters. The molecule has 0 aromatic heterocycles. The molecule has 0 spiro atoms. The molecular formula is C17H14I3O2S2+. The van der Waals surface area contributed by atoms with Gasteiger partial charge in [-0.3, -0.25) is 0 Å². The van der Waals surface area contributed by atoms with E-state index in [9.17, 15) is 4.79 Å². The lowest BCUT2D eigenvalue weighted by molar-refractivity contribution is 0.0732. The molecule has 1 fully saturated rings. The Morgan fingerprint density at radius 2 is 1.58 bits per heavy atom. The first-order chi connectivity index (χ1) is 11.6. The van der Waals surface area contributed by atoms with Crippen LogP contribution in [0.15, 0.2) is 41.3 Å². The Bertz CT molecular complexity index is 744. The van der Waals surface area contributed by atoms with Crippen molar-refractivity contribution in [3.05, 3.63) is 52.7 Å². The van der Waals surface area contributed by atoms with Crippen molar-refractivity contribution in [2.75, 3.05) is 23.0 Å². The van der Waals surface area contributed by atoms with Crippen LogP contribution in [0.5, 0.6) is 5.75 Å². The van der Waals surface area contributed by atoms with Gasteiger partial charge in [-0.05, 0) is 104 Å². The number of halogens is 3. The SMILES string of the molecule is O=C(Oc1ccc([S+]2CCSCC2)cc1)c1c(I)ccc(I)c1I. The van der Waals surface area contributed by atoms with Crippen LogP contribution < -0.4 is 4.74 Å². The van der Waals surface area contributed by atoms with Gasteiger partial charge in [-0.25, -0.2) is 4.79 Å². The first-order valence-electron chi connectivity index (χ1n) is 7.27. The van der Waals surface area contributed by atoms with Crippen LogP contribution in [0.3, 0.4) is 0 Å². The monoisotopic (exact) mass is 695 g/mol. The molecule has 1 aliphatic heterocycles. The molecule has 0 aliphatic carbocycles. The average molecular weight is 695 g/mol. The van der Waals surface area contributed by atoms with Crippen molar-refractivity contribution in [3.8, 4) is 5.75 Å². The molecule has 1 saturated heterocycles. The molecule has 1 aliphatic rings. The Balaban J connectivity index is 1.74. The number of ether oxygens (including phenoxy) is 1. The second-order valence-corrected chi connectivity index (χ2v) is 12.0. The van der Waals surface area contributed by atoms with Crippen LogP contribution in [0.4, 0.5) is 0 Å². The highest BCUT2D eigenvalue weighted by Gasteiger charge is 2.25. The zero-order valence-electron chi connectivity index (χ0n) is 12.6. The number of hydrogen-bond acceptors (Lipinski definition) is 3. The summed E-state index contributed by atoms with van der Waals surface area (Å²) in [5.74, 6) is 5.37. The first-order valence-corrected chi connectivity index (χ1v) is 13.2. The molecule has 7 heteroatoms. The smallest absolute Gasteiger partial charge is 0.345 e. The Morgan fingerprint density at radius 3 is 2.25 bits per heavy atom. The second-order valence-electron chi connectivity index (χ2n) is 5.09. The van der Waals surface area contributed by atoms with Crippen molar-refractivity contribution in [1.82, 2.24) is 0 Å². The summed E-state index contributed by atoms with van der Waals surface area (Å²) < 4.78 is 8.53. The zero-order chi connectivity index (χ0) is 17.1. The van der Waals surface area contributed by atoms with E-state index in [1.54, 1.807) is 0 Å². The Kier molecular flexibility index (Phi) is 7.45. The van der Waals surface area contributed by atoms with Crippen LogP contribution >= 0.6 is 79.5 Å². The molecule has 0 amide bonds. The normalized spacial score (nSPS) is 15.3. The number of hydrogen-bond donors (Lipinski definition) is 0. The number of esters is 1. The summed E-state index contributed by atoms with van der Waals surface area (Å²) in [6.45, 7) is 0. The van der Waals surface area contributed by atoms with Crippen LogP contribution in [-0.2, 0) is 10.9 Å². The Hall–Kier alpha value is 0.800. The van der Waals surface area contributed by atoms with Gasteiger partial charge in [-0.1, -0.05) is 0 Å². The molecule has 0 atom stereocenters. The highest BCUT2D eigenvalue weighted by molar-refractivity contribution is 14.1. The van der Waals surface area contributed by atoms with Gasteiger partial charge < -0.3 is 4.74 Å². The molecule has 3 rings (SSSR count). The average Bonchev–Trinajstić information content (AvgIpc) is 2.60. The predicted molar refractivity (Wildman–Crippen MR) is 129 cm³/mol. The fourth-order valence-electron chi connectivity index (χ4n) is 2.33. The van der Waals surface area contributed by atoms with E-state index in [1.165, 1.54) is 27.9 Å². The number of thioether (sulfide) groups is 1. The van der Waals surface area contributed by atoms with Crippen molar-refractivity contribution >= 4 is 96.4 Å². The van der Waals surface area contributed by atoms with Crippen LogP contribution in [0.25, 0.3) is 0 Å². The Labute approximate surface area is 190 Å². The van der Waals surface area contributed by atoms with E-state index in [0.29, 0.717) is 22.2 Å². The summed E-state index contributed by atoms with van der Waals surface area (Å²) in [6, 6.07) is 12.1. The minimum atomic E-state index is -0.286. The van der Waals surface area contributed by atoms with E-state index in [2.05, 4.69) is 79.9 Å². The fraction of sp³-hybridized carbons (Fsp3) is 0.235. The largest absolute Gasteiger partial charge is 0.423 e. The van der Waals surface area contributed by atoms with Crippen LogP contribution in [0.1, 0.15) is 10.4 Å². The first kappa shape index (κ1) is 19.6. The van der Waals surface area contributed by atoms with Crippen LogP contribution in [-0.4, -0.2) is 29.0 Å². The third kappa shape index (κ3) is 4.74. The van der Waals surface area contributed by atoms with E-state index in [0.717, 1.165) is 10.7 Å². The van der Waals surface area contributed by atoms with E-state index in [-0.39, 0.29) is 5.97 Å². The lowest BCUT2D eigenvalue weighted by atomic mass is 10.2. The maximum atomic E-state index is 12.6. The van der Waals surface area contributed by atoms with Gasteiger partial charge in [-0.2, -0.15) is 11.8 Å². The van der Waals surface area contributed by atoms with Crippen LogP contribution in [0.2, 0.25) is 0 Å². The van der Waals surface area contributed by atoms with E-state index in [1.807, 2.05) is 36.0 Å². The molecule has 2 aromatic rings. The summed E-state index contributed by atoms with van der Waals surface area (Å²) in [5.41, 5.74) is 0.651. The lowest BCUT2D eigenvalue weighted by Gasteiger charge is -2.13. The maximum absolute atomic E-state index is 12.6. The highest BCUT2D eigenvalue weighted by atomic mass is 127. The summed E-state index contributed by atoms with van der Waals surface area (Å²) >= 11 is 8.68. The minimum absolute atomic E-state index is 0.286. The predicted octanol–water partition coefficient (Wildman–Crippen LogP) is 5.44. The van der Waals surface area contributed by atoms with Gasteiger partial charge >= 0.3 is 5.97 Å². The third-order valence-corrected chi connectivity index (χ3v) is 11.3. The summed E-state index contributed by atoms with van der Waals surface area (Å²) in [7, 11) is 0.360. The second kappa shape index (κ2) is 9.14. The zero-order valence-corrected chi connectivity index (χ0v) is 20.7. The van der Waals surface area contributed by atoms with E-state index < -0.39 is 0 Å². The number of benzene rings is 2. The van der Waals surface area contributed by atoms with Gasteiger partial charge in [0.25, 0.3) is 0 Å². The summed E-state index contributed by atoms with van der Waals surface area (Å²) in [5, 5.41) is 0. The number of carbonyl (C=O) groups excluding carboxylic acids is 1. The Morgan fingerprint density at radius 1 is 0.958 bits per heavy atom. The van der Waals surface area contributed by atoms with Gasteiger partial charge in [0, 0.05) is 33.1 Å². The van der Waals surface area contributed by atoms with Crippen molar-refractivity contribution in [2.45, 2.75) is 4.90 Å². The number of rotatable bonds is 3. The van der Waals surface area contributed by atoms with Gasteiger partial charge in [0.1, 0.15) is 17.3 Å². The van der Waals surface area contributed by atoms with Crippen molar-refractivity contribution in [2.24, 2.45) is 0 Å². The van der Waals surface area contributed by atoms with Crippen molar-refractivity contribution in [3.63, 3.8) is 0 Å². The topological polar surface area (TPSA) is 26.3 Å². The minimum Gasteiger partial charge on any atom is -0.423 e. The van der Waals surface area contributed by atoms with Crippen molar-refractivity contribution in [1.29, 1.82) is 0 Å². The quantitative estimate of drug-likeness (QED) is 0.141. The molecule has 2 aromatic carbocycles. The fourth-order valence-corrected chi connectivity index (χ4v) is 8.61. The lowest BCUT2D eigenvalue weighted by Crippen LogP contribution is -2.21. The van der Waals surface area contributed by atoms with Crippen LogP contribution in [0, 0.1) is 10.7 Å². The molecule has 1 heterocycles. The molecule has 0 radical (unpaired) electrons. The standard InChI is InChI=1S/C17H14I3O2S2/c18-13-5-6-14(19)16(20)15(13)17(21)22-11-1-3-12(4-2-11)24-9-7-23-8-10-24/h1-6H,7-10H2/q+1. The molecule has 0 saturated carbocycles. The van der Waals surface area contributed by atoms with Crippen molar-refractivity contribution < 1.29 is 9.53 Å². The molecule has 126 valence electrons. The highest BCUT2D eigenvalue weighted by Crippen LogP contribution is 2.27. The van der Waals surface area contributed by atoms with Gasteiger partial charge in [0.2, 0.25) is 0 Å². The molecule has 0 bridgehead atoms. The van der Waals surface area contributed by atoms with E-state index >= 15 is 0 Å². The van der Waals surface area contributed by atoms with Gasteiger partial charge in [0.15, 0.2) is 4.90 Å². The summed E-state index contributed by atoms with van der Waals surface area (Å²) in [6.07, 6.45) is 0. The third-order valence-electron chi connectivity index (χ3n) is 3.56. The molecule has 0 N–H and O–H groups in total. The van der Waals surface area contributed by atoms with E-state index in [4.69, 9.17) is 4.74 Å². The maximum Gasteiger partial charge on any atom is 0.345 e. The molecule has 24 heavy (non-hydrogen) atoms.